The highest BCUT2D eigenvalue weighted by Gasteiger charge is 2.17. The van der Waals surface area contributed by atoms with E-state index in [4.69, 9.17) is 19.6 Å². The lowest BCUT2D eigenvalue weighted by molar-refractivity contribution is 0.0254. The van der Waals surface area contributed by atoms with E-state index in [1.54, 1.807) is 12.3 Å². The molecule has 2 aliphatic heterocycles. The second-order valence-electron chi connectivity index (χ2n) is 7.98. The molecule has 4 rings (SSSR count). The Morgan fingerprint density at radius 3 is 2.65 bits per heavy atom. The van der Waals surface area contributed by atoms with Crippen molar-refractivity contribution in [3.8, 4) is 11.8 Å². The van der Waals surface area contributed by atoms with Crippen molar-refractivity contribution in [3.05, 3.63) is 47.5 Å². The summed E-state index contributed by atoms with van der Waals surface area (Å²) in [5.74, 6) is 1.89. The molecule has 2 aliphatic rings. The molecular weight excluding hydrogens is 432 g/mol. The molecule has 0 bridgehead atoms. The van der Waals surface area contributed by atoms with E-state index in [0.29, 0.717) is 50.0 Å². The molecule has 0 spiro atoms. The summed E-state index contributed by atoms with van der Waals surface area (Å²) < 4.78 is 16.8. The van der Waals surface area contributed by atoms with Gasteiger partial charge in [-0.3, -0.25) is 0 Å². The van der Waals surface area contributed by atoms with Gasteiger partial charge in [0.2, 0.25) is 0 Å². The first-order chi connectivity index (χ1) is 16.8. The van der Waals surface area contributed by atoms with Gasteiger partial charge >= 0.3 is 0 Å². The predicted molar refractivity (Wildman–Crippen MR) is 130 cm³/mol. The number of nitriles is 1. The van der Waals surface area contributed by atoms with Crippen LogP contribution in [0.25, 0.3) is 5.57 Å². The van der Waals surface area contributed by atoms with Crippen molar-refractivity contribution in [1.29, 1.82) is 10.7 Å². The van der Waals surface area contributed by atoms with Gasteiger partial charge in [-0.25, -0.2) is 4.99 Å². The number of ether oxygens (including phenoxy) is 3. The Morgan fingerprint density at radius 1 is 1.15 bits per heavy atom. The maximum absolute atomic E-state index is 9.65. The van der Waals surface area contributed by atoms with Gasteiger partial charge < -0.3 is 24.5 Å². The van der Waals surface area contributed by atoms with Crippen molar-refractivity contribution in [2.45, 2.75) is 25.4 Å². The topological polar surface area (TPSA) is 117 Å². The van der Waals surface area contributed by atoms with Gasteiger partial charge in [0.1, 0.15) is 17.9 Å². The van der Waals surface area contributed by atoms with Crippen molar-refractivity contribution in [1.82, 2.24) is 10.2 Å². The predicted octanol–water partition coefficient (Wildman–Crippen LogP) is 3.57. The highest BCUT2D eigenvalue weighted by Crippen LogP contribution is 2.27. The number of aromatic nitrogens is 2. The third kappa shape index (κ3) is 6.25. The highest BCUT2D eigenvalue weighted by atomic mass is 16.5. The first-order valence-electron chi connectivity index (χ1n) is 11.4. The van der Waals surface area contributed by atoms with Crippen LogP contribution in [0.5, 0.6) is 5.75 Å². The lowest BCUT2D eigenvalue weighted by Gasteiger charge is -2.27. The van der Waals surface area contributed by atoms with Crippen molar-refractivity contribution >= 4 is 29.6 Å². The Bertz CT molecular complexity index is 1070. The smallest absolute Gasteiger partial charge is 0.174 e. The summed E-state index contributed by atoms with van der Waals surface area (Å²) in [4.78, 5) is 6.52. The fourth-order valence-corrected chi connectivity index (χ4v) is 3.84. The minimum Gasteiger partial charge on any atom is -0.489 e. The summed E-state index contributed by atoms with van der Waals surface area (Å²) in [5.41, 5.74) is 2.19. The second-order valence-corrected chi connectivity index (χ2v) is 7.98. The van der Waals surface area contributed by atoms with Gasteiger partial charge in [-0.2, -0.15) is 5.26 Å². The van der Waals surface area contributed by atoms with E-state index in [1.165, 1.54) is 6.21 Å². The first kappa shape index (κ1) is 23.5. The monoisotopic (exact) mass is 460 g/mol. The van der Waals surface area contributed by atoms with Crippen molar-refractivity contribution in [2.75, 3.05) is 44.4 Å². The number of hydrogen-bond acceptors (Lipinski definition) is 9. The highest BCUT2D eigenvalue weighted by molar-refractivity contribution is 5.90. The number of rotatable bonds is 8. The number of hydrogen-bond donors (Lipinski definition) is 1. The number of nitrogens with zero attached hydrogens (tertiary/aromatic N) is 5. The molecule has 176 valence electrons. The van der Waals surface area contributed by atoms with Crippen molar-refractivity contribution < 1.29 is 14.2 Å². The Balaban J connectivity index is 1.46. The molecule has 1 aromatic heterocycles. The molecule has 9 nitrogen and oxygen atoms in total. The molecule has 34 heavy (non-hydrogen) atoms. The van der Waals surface area contributed by atoms with E-state index in [2.05, 4.69) is 26.2 Å². The van der Waals surface area contributed by atoms with Crippen LogP contribution in [0.1, 0.15) is 30.4 Å². The summed E-state index contributed by atoms with van der Waals surface area (Å²) in [7, 11) is 0. The third-order valence-electron chi connectivity index (χ3n) is 5.71. The Kier molecular flexibility index (Phi) is 8.32. The zero-order valence-corrected chi connectivity index (χ0v) is 19.0. The molecule has 2 fully saturated rings. The van der Waals surface area contributed by atoms with Crippen LogP contribution < -0.4 is 9.64 Å². The fourth-order valence-electron chi connectivity index (χ4n) is 3.84. The Morgan fingerprint density at radius 2 is 1.94 bits per heavy atom. The van der Waals surface area contributed by atoms with Crippen LogP contribution in [0.4, 0.5) is 11.6 Å². The van der Waals surface area contributed by atoms with Crippen LogP contribution in [0, 0.1) is 16.7 Å². The third-order valence-corrected chi connectivity index (χ3v) is 5.71. The van der Waals surface area contributed by atoms with Gasteiger partial charge in [0.15, 0.2) is 11.6 Å². The number of anilines is 1. The Labute approximate surface area is 199 Å². The minimum absolute atomic E-state index is 0.0613. The molecular formula is C25H28N6O3. The Hall–Kier alpha value is -3.61. The van der Waals surface area contributed by atoms with E-state index < -0.39 is 0 Å². The summed E-state index contributed by atoms with van der Waals surface area (Å²) in [6.07, 6.45) is 6.92. The normalized spacial score (nSPS) is 17.5. The van der Waals surface area contributed by atoms with Gasteiger partial charge in [0, 0.05) is 38.6 Å². The summed E-state index contributed by atoms with van der Waals surface area (Å²) in [6, 6.07) is 11.5. The average Bonchev–Trinajstić information content (AvgIpc) is 2.90. The van der Waals surface area contributed by atoms with Crippen LogP contribution in [0.2, 0.25) is 0 Å². The maximum Gasteiger partial charge on any atom is 0.174 e. The van der Waals surface area contributed by atoms with E-state index in [-0.39, 0.29) is 6.10 Å². The molecule has 0 atom stereocenters. The summed E-state index contributed by atoms with van der Waals surface area (Å²) in [6.45, 7) is 4.34. The van der Waals surface area contributed by atoms with E-state index in [9.17, 15) is 5.26 Å². The molecule has 3 heterocycles. The zero-order chi connectivity index (χ0) is 23.6. The molecule has 2 aromatic rings. The SMILES string of the molecule is N#Cc1cc(/C(=C/C=Nc2ccc(N3CCOCC3)nn2)CC=N)ccc1OC1CCOCC1. The lowest BCUT2D eigenvalue weighted by atomic mass is 10.00. The largest absolute Gasteiger partial charge is 0.489 e. The maximum atomic E-state index is 9.65. The second kappa shape index (κ2) is 12.0. The zero-order valence-electron chi connectivity index (χ0n) is 19.0. The minimum atomic E-state index is 0.0613. The number of morpholine rings is 1. The molecule has 9 heteroatoms. The van der Waals surface area contributed by atoms with Gasteiger partial charge in [-0.05, 0) is 47.7 Å². The molecule has 0 radical (unpaired) electrons. The van der Waals surface area contributed by atoms with Gasteiger partial charge in [-0.1, -0.05) is 6.07 Å². The summed E-state index contributed by atoms with van der Waals surface area (Å²) >= 11 is 0. The van der Waals surface area contributed by atoms with Gasteiger partial charge in [-0.15, -0.1) is 10.2 Å². The number of benzene rings is 1. The molecule has 1 aromatic carbocycles. The number of aliphatic imine (C=N–C) groups is 1. The van der Waals surface area contributed by atoms with Crippen molar-refractivity contribution in [2.24, 2.45) is 4.99 Å². The molecule has 0 amide bonds. The fraction of sp³-hybridized carbons (Fsp3) is 0.400. The van der Waals surface area contributed by atoms with E-state index in [0.717, 1.165) is 42.9 Å². The van der Waals surface area contributed by atoms with Crippen LogP contribution in [0.3, 0.4) is 0 Å². The lowest BCUT2D eigenvalue weighted by Crippen LogP contribution is -2.36. The van der Waals surface area contributed by atoms with Crippen LogP contribution in [0.15, 0.2) is 41.4 Å². The molecule has 0 unspecified atom stereocenters. The quantitative estimate of drug-likeness (QED) is 0.599. The van der Waals surface area contributed by atoms with Crippen LogP contribution in [-0.4, -0.2) is 68.2 Å². The van der Waals surface area contributed by atoms with Gasteiger partial charge in [0.05, 0.1) is 32.0 Å². The standard InChI is InChI=1S/C25H28N6O3/c26-9-5-19(6-10-28-24-3-4-25(30-29-24)31-11-15-33-16-12-31)20-1-2-23(21(17-20)18-27)34-22-7-13-32-14-8-22/h1-4,6,9-10,17,22,26H,5,7-8,11-16H2/b19-6+,26-9?,28-10?. The van der Waals surface area contributed by atoms with E-state index in [1.807, 2.05) is 30.3 Å². The molecule has 1 N–H and O–H groups in total. The number of nitrogens with one attached hydrogen (secondary N) is 1. The molecule has 0 saturated carbocycles. The average molecular weight is 461 g/mol. The summed E-state index contributed by atoms with van der Waals surface area (Å²) in [5, 5.41) is 25.7. The number of allylic oxidation sites excluding steroid dienone is 2. The molecule has 0 aliphatic carbocycles. The van der Waals surface area contributed by atoms with Crippen LogP contribution in [-0.2, 0) is 9.47 Å². The van der Waals surface area contributed by atoms with E-state index >= 15 is 0 Å². The first-order valence-corrected chi connectivity index (χ1v) is 11.4. The van der Waals surface area contributed by atoms with Gasteiger partial charge in [0.25, 0.3) is 0 Å². The van der Waals surface area contributed by atoms with Crippen molar-refractivity contribution in [3.63, 3.8) is 0 Å². The van der Waals surface area contributed by atoms with Crippen LogP contribution >= 0.6 is 0 Å². The molecule has 2 saturated heterocycles.